The van der Waals surface area contributed by atoms with E-state index in [1.807, 2.05) is 18.2 Å². The number of rotatable bonds is 4. The first-order valence-electron chi connectivity index (χ1n) is 9.08. The Morgan fingerprint density at radius 1 is 1.11 bits per heavy atom. The van der Waals surface area contributed by atoms with Crippen molar-refractivity contribution in [1.82, 2.24) is 19.5 Å². The number of nitrogens with one attached hydrogen (secondary N) is 1. The molecule has 1 unspecified atom stereocenters. The van der Waals surface area contributed by atoms with Crippen LogP contribution in [0.2, 0.25) is 0 Å². The van der Waals surface area contributed by atoms with Crippen LogP contribution in [0.15, 0.2) is 65.8 Å². The van der Waals surface area contributed by atoms with Crippen molar-refractivity contribution >= 4 is 31.8 Å². The third kappa shape index (κ3) is 2.73. The molecule has 0 saturated carbocycles. The van der Waals surface area contributed by atoms with Crippen molar-refractivity contribution in [2.45, 2.75) is 17.4 Å². The minimum Gasteiger partial charge on any atom is -0.488 e. The number of para-hydroxylation sites is 1. The van der Waals surface area contributed by atoms with Crippen LogP contribution in [0.4, 0.5) is 0 Å². The van der Waals surface area contributed by atoms with Gasteiger partial charge in [-0.05, 0) is 37.2 Å². The highest BCUT2D eigenvalue weighted by atomic mass is 32.2. The van der Waals surface area contributed by atoms with Crippen molar-refractivity contribution in [1.29, 1.82) is 0 Å². The van der Waals surface area contributed by atoms with Gasteiger partial charge < -0.3 is 10.1 Å². The Labute approximate surface area is 162 Å². The van der Waals surface area contributed by atoms with E-state index in [4.69, 9.17) is 4.74 Å². The molecule has 0 spiro atoms. The van der Waals surface area contributed by atoms with Crippen LogP contribution in [0.25, 0.3) is 21.8 Å². The minimum atomic E-state index is -3.92. The SMILES string of the molecule is O=S(=O)(c1cccc2cccnc12)n1ncc2c(OC3CCNC3)cccc21. The zero-order chi connectivity index (χ0) is 19.1. The minimum absolute atomic E-state index is 0.0767. The Kier molecular flexibility index (Phi) is 4.03. The summed E-state index contributed by atoms with van der Waals surface area (Å²) in [6, 6.07) is 14.1. The standard InChI is InChI=1S/C20H18N4O3S/c25-28(26,19-8-1-4-14-5-3-10-22-20(14)19)24-17-6-2-7-18(16(17)13-23-24)27-15-9-11-21-12-15/h1-8,10,13,15,21H,9,11-12H2. The van der Waals surface area contributed by atoms with Crippen molar-refractivity contribution in [3.8, 4) is 5.75 Å². The van der Waals surface area contributed by atoms with Crippen LogP contribution < -0.4 is 10.1 Å². The molecule has 8 heteroatoms. The summed E-state index contributed by atoms with van der Waals surface area (Å²) in [5.41, 5.74) is 0.912. The lowest BCUT2D eigenvalue weighted by molar-refractivity contribution is 0.226. The smallest absolute Gasteiger partial charge is 0.285 e. The third-order valence-electron chi connectivity index (χ3n) is 4.95. The highest BCUT2D eigenvalue weighted by Gasteiger charge is 2.25. The Bertz CT molecular complexity index is 1270. The number of ether oxygens (including phenoxy) is 1. The van der Waals surface area contributed by atoms with Gasteiger partial charge in [-0.15, -0.1) is 0 Å². The fraction of sp³-hybridized carbons (Fsp3) is 0.200. The Balaban J connectivity index is 1.64. The molecule has 5 rings (SSSR count). The molecule has 2 aromatic carbocycles. The van der Waals surface area contributed by atoms with Gasteiger partial charge >= 0.3 is 0 Å². The molecule has 1 aliphatic heterocycles. The number of nitrogens with zero attached hydrogens (tertiary/aromatic N) is 3. The summed E-state index contributed by atoms with van der Waals surface area (Å²) in [7, 11) is -3.92. The number of hydrogen-bond donors (Lipinski definition) is 1. The molecule has 1 saturated heterocycles. The highest BCUT2D eigenvalue weighted by molar-refractivity contribution is 7.90. The maximum atomic E-state index is 13.4. The van der Waals surface area contributed by atoms with Crippen LogP contribution in [0.3, 0.4) is 0 Å². The molecule has 1 aliphatic rings. The zero-order valence-electron chi connectivity index (χ0n) is 14.9. The molecule has 3 heterocycles. The summed E-state index contributed by atoms with van der Waals surface area (Å²) >= 11 is 0. The van der Waals surface area contributed by atoms with E-state index in [0.717, 1.165) is 29.0 Å². The predicted molar refractivity (Wildman–Crippen MR) is 106 cm³/mol. The molecule has 0 aliphatic carbocycles. The number of fused-ring (bicyclic) bond motifs is 2. The van der Waals surface area contributed by atoms with Gasteiger partial charge in [-0.2, -0.15) is 17.6 Å². The Morgan fingerprint density at radius 3 is 2.82 bits per heavy atom. The van der Waals surface area contributed by atoms with Gasteiger partial charge in [0.05, 0.1) is 22.6 Å². The van der Waals surface area contributed by atoms with Crippen molar-refractivity contribution in [2.24, 2.45) is 0 Å². The molecule has 142 valence electrons. The first-order valence-corrected chi connectivity index (χ1v) is 10.5. The maximum Gasteiger partial charge on any atom is 0.285 e. The van der Waals surface area contributed by atoms with Gasteiger partial charge in [-0.25, -0.2) is 0 Å². The maximum absolute atomic E-state index is 13.4. The van der Waals surface area contributed by atoms with E-state index in [1.165, 1.54) is 0 Å². The van der Waals surface area contributed by atoms with Gasteiger partial charge in [-0.1, -0.05) is 24.3 Å². The van der Waals surface area contributed by atoms with E-state index < -0.39 is 10.0 Å². The van der Waals surface area contributed by atoms with Crippen molar-refractivity contribution < 1.29 is 13.2 Å². The molecule has 0 bridgehead atoms. The monoisotopic (exact) mass is 394 g/mol. The van der Waals surface area contributed by atoms with Crippen molar-refractivity contribution in [3.05, 3.63) is 60.9 Å². The summed E-state index contributed by atoms with van der Waals surface area (Å²) in [5.74, 6) is 0.642. The normalized spacial score (nSPS) is 17.4. The number of pyridine rings is 1. The van der Waals surface area contributed by atoms with E-state index in [0.29, 0.717) is 22.2 Å². The third-order valence-corrected chi connectivity index (χ3v) is 6.58. The second-order valence-corrected chi connectivity index (χ2v) is 8.48. The van der Waals surface area contributed by atoms with Crippen LogP contribution in [-0.2, 0) is 10.0 Å². The molecule has 1 fully saturated rings. The molecule has 2 aromatic heterocycles. The van der Waals surface area contributed by atoms with Crippen molar-refractivity contribution in [3.63, 3.8) is 0 Å². The van der Waals surface area contributed by atoms with Gasteiger partial charge in [0.15, 0.2) is 0 Å². The molecule has 1 N–H and O–H groups in total. The largest absolute Gasteiger partial charge is 0.488 e. The number of hydrogen-bond acceptors (Lipinski definition) is 6. The molecular weight excluding hydrogens is 376 g/mol. The van der Waals surface area contributed by atoms with E-state index >= 15 is 0 Å². The van der Waals surface area contributed by atoms with Gasteiger partial charge in [0, 0.05) is 18.1 Å². The summed E-state index contributed by atoms with van der Waals surface area (Å²) in [6.07, 6.45) is 4.13. The van der Waals surface area contributed by atoms with Gasteiger partial charge in [0.25, 0.3) is 10.0 Å². The van der Waals surface area contributed by atoms with Crippen LogP contribution in [0.5, 0.6) is 5.75 Å². The van der Waals surface area contributed by atoms with Crippen LogP contribution in [-0.4, -0.2) is 41.8 Å². The quantitative estimate of drug-likeness (QED) is 0.573. The van der Waals surface area contributed by atoms with E-state index in [9.17, 15) is 8.42 Å². The highest BCUT2D eigenvalue weighted by Crippen LogP contribution is 2.30. The van der Waals surface area contributed by atoms with Crippen LogP contribution in [0, 0.1) is 0 Å². The second kappa shape index (κ2) is 6.57. The summed E-state index contributed by atoms with van der Waals surface area (Å²) in [5, 5.41) is 8.88. The van der Waals surface area contributed by atoms with E-state index in [1.54, 1.807) is 42.7 Å². The zero-order valence-corrected chi connectivity index (χ0v) is 15.8. The number of benzene rings is 2. The Morgan fingerprint density at radius 2 is 1.96 bits per heavy atom. The van der Waals surface area contributed by atoms with Gasteiger partial charge in [0.2, 0.25) is 0 Å². The molecule has 1 atom stereocenters. The summed E-state index contributed by atoms with van der Waals surface area (Å²) < 4.78 is 33.9. The average molecular weight is 394 g/mol. The Hall–Kier alpha value is -2.97. The van der Waals surface area contributed by atoms with Gasteiger partial charge in [-0.3, -0.25) is 4.98 Å². The first kappa shape index (κ1) is 17.2. The van der Waals surface area contributed by atoms with Gasteiger partial charge in [0.1, 0.15) is 16.7 Å². The van der Waals surface area contributed by atoms with Crippen LogP contribution in [0.1, 0.15) is 6.42 Å². The number of aromatic nitrogens is 3. The van der Waals surface area contributed by atoms with Crippen LogP contribution >= 0.6 is 0 Å². The first-order chi connectivity index (χ1) is 13.6. The molecule has 28 heavy (non-hydrogen) atoms. The molecular formula is C20H18N4O3S. The van der Waals surface area contributed by atoms with Crippen molar-refractivity contribution in [2.75, 3.05) is 13.1 Å². The second-order valence-electron chi connectivity index (χ2n) is 6.75. The topological polar surface area (TPSA) is 86.1 Å². The average Bonchev–Trinajstić information content (AvgIpc) is 3.38. The molecule has 4 aromatic rings. The fourth-order valence-corrected chi connectivity index (χ4v) is 5.02. The molecule has 0 radical (unpaired) electrons. The summed E-state index contributed by atoms with van der Waals surface area (Å²) in [4.78, 5) is 4.40. The molecule has 0 amide bonds. The van der Waals surface area contributed by atoms with E-state index in [2.05, 4.69) is 15.4 Å². The lowest BCUT2D eigenvalue weighted by Crippen LogP contribution is -2.19. The molecule has 7 nitrogen and oxygen atoms in total. The lowest BCUT2D eigenvalue weighted by Gasteiger charge is -2.13. The van der Waals surface area contributed by atoms with E-state index in [-0.39, 0.29) is 11.0 Å². The predicted octanol–water partition coefficient (Wildman–Crippen LogP) is 2.56. The lowest BCUT2D eigenvalue weighted by atomic mass is 10.2. The fourth-order valence-electron chi connectivity index (χ4n) is 3.58. The summed E-state index contributed by atoms with van der Waals surface area (Å²) in [6.45, 7) is 1.70.